The van der Waals surface area contributed by atoms with E-state index in [0.29, 0.717) is 23.2 Å². The molecule has 18 heavy (non-hydrogen) atoms. The van der Waals surface area contributed by atoms with Gasteiger partial charge in [0.05, 0.1) is 5.56 Å². The largest absolute Gasteiger partial charge is 0.383 e. The average Bonchev–Trinajstić information content (AvgIpc) is 3.23. The van der Waals surface area contributed by atoms with Crippen LogP contribution in [0.4, 0.5) is 5.82 Å². The third-order valence-corrected chi connectivity index (χ3v) is 3.71. The van der Waals surface area contributed by atoms with Gasteiger partial charge >= 0.3 is 0 Å². The van der Waals surface area contributed by atoms with E-state index in [0.717, 1.165) is 13.1 Å². The standard InChI is InChI=1S/C14H19N3O/c15-13-12(2-1-7-16-13)14(18)17(8-10-3-4-10)9-11-5-6-11/h1-2,7,10-11H,3-6,8-9H2,(H2,15,16). The van der Waals surface area contributed by atoms with E-state index in [4.69, 9.17) is 5.73 Å². The van der Waals surface area contributed by atoms with Gasteiger partial charge in [0.25, 0.3) is 5.91 Å². The molecule has 0 aromatic carbocycles. The molecule has 2 N–H and O–H groups in total. The maximum Gasteiger partial charge on any atom is 0.257 e. The Morgan fingerprint density at radius 3 is 2.39 bits per heavy atom. The Labute approximate surface area is 107 Å². The summed E-state index contributed by atoms with van der Waals surface area (Å²) in [4.78, 5) is 18.5. The lowest BCUT2D eigenvalue weighted by Crippen LogP contribution is -2.35. The highest BCUT2D eigenvalue weighted by atomic mass is 16.2. The molecule has 0 aliphatic heterocycles. The van der Waals surface area contributed by atoms with Crippen molar-refractivity contribution in [2.24, 2.45) is 11.8 Å². The van der Waals surface area contributed by atoms with Gasteiger partial charge < -0.3 is 10.6 Å². The fourth-order valence-corrected chi connectivity index (χ4v) is 2.23. The second-order valence-corrected chi connectivity index (χ2v) is 5.53. The Morgan fingerprint density at radius 2 is 1.89 bits per heavy atom. The fourth-order valence-electron chi connectivity index (χ4n) is 2.23. The first-order chi connectivity index (χ1) is 8.74. The Balaban J connectivity index is 1.75. The second-order valence-electron chi connectivity index (χ2n) is 5.53. The van der Waals surface area contributed by atoms with Crippen molar-refractivity contribution in [2.45, 2.75) is 25.7 Å². The summed E-state index contributed by atoms with van der Waals surface area (Å²) in [6.45, 7) is 1.79. The quantitative estimate of drug-likeness (QED) is 0.862. The highest BCUT2D eigenvalue weighted by Gasteiger charge is 2.32. The molecular formula is C14H19N3O. The van der Waals surface area contributed by atoms with Gasteiger partial charge in [-0.05, 0) is 49.7 Å². The summed E-state index contributed by atoms with van der Waals surface area (Å²) in [7, 11) is 0. The molecule has 96 valence electrons. The Hall–Kier alpha value is -1.58. The lowest BCUT2D eigenvalue weighted by molar-refractivity contribution is 0.0740. The highest BCUT2D eigenvalue weighted by molar-refractivity contribution is 5.98. The van der Waals surface area contributed by atoms with Crippen LogP contribution in [-0.2, 0) is 0 Å². The zero-order valence-electron chi connectivity index (χ0n) is 10.5. The van der Waals surface area contributed by atoms with E-state index in [-0.39, 0.29) is 5.91 Å². The van der Waals surface area contributed by atoms with Crippen molar-refractivity contribution in [2.75, 3.05) is 18.8 Å². The van der Waals surface area contributed by atoms with Crippen LogP contribution in [0.15, 0.2) is 18.3 Å². The summed E-state index contributed by atoms with van der Waals surface area (Å²) in [5.41, 5.74) is 6.35. The molecule has 2 saturated carbocycles. The van der Waals surface area contributed by atoms with Crippen molar-refractivity contribution in [3.63, 3.8) is 0 Å². The number of nitrogens with zero attached hydrogens (tertiary/aromatic N) is 2. The maximum absolute atomic E-state index is 12.5. The molecule has 0 saturated heterocycles. The number of nitrogens with two attached hydrogens (primary N) is 1. The molecule has 4 heteroatoms. The van der Waals surface area contributed by atoms with Crippen LogP contribution < -0.4 is 5.73 Å². The number of hydrogen-bond acceptors (Lipinski definition) is 3. The molecule has 2 aliphatic rings. The van der Waals surface area contributed by atoms with Gasteiger partial charge in [-0.1, -0.05) is 0 Å². The molecule has 2 aliphatic carbocycles. The molecule has 1 heterocycles. The Morgan fingerprint density at radius 1 is 1.28 bits per heavy atom. The van der Waals surface area contributed by atoms with Crippen LogP contribution in [0.1, 0.15) is 36.0 Å². The van der Waals surface area contributed by atoms with E-state index in [1.54, 1.807) is 18.3 Å². The number of pyridine rings is 1. The monoisotopic (exact) mass is 245 g/mol. The van der Waals surface area contributed by atoms with E-state index >= 15 is 0 Å². The highest BCUT2D eigenvalue weighted by Crippen LogP contribution is 2.34. The number of rotatable bonds is 5. The minimum absolute atomic E-state index is 0.0550. The molecule has 1 amide bonds. The van der Waals surface area contributed by atoms with Crippen LogP contribution in [0.2, 0.25) is 0 Å². The topological polar surface area (TPSA) is 59.2 Å². The lowest BCUT2D eigenvalue weighted by Gasteiger charge is -2.23. The third-order valence-electron chi connectivity index (χ3n) is 3.71. The molecular weight excluding hydrogens is 226 g/mol. The van der Waals surface area contributed by atoms with Crippen molar-refractivity contribution >= 4 is 11.7 Å². The van der Waals surface area contributed by atoms with Crippen LogP contribution in [-0.4, -0.2) is 28.9 Å². The first-order valence-corrected chi connectivity index (χ1v) is 6.74. The number of anilines is 1. The van der Waals surface area contributed by atoms with Crippen LogP contribution in [0.3, 0.4) is 0 Å². The van der Waals surface area contributed by atoms with Crippen LogP contribution in [0.25, 0.3) is 0 Å². The van der Waals surface area contributed by atoms with Gasteiger partial charge in [-0.15, -0.1) is 0 Å². The predicted molar refractivity (Wildman–Crippen MR) is 70.0 cm³/mol. The SMILES string of the molecule is Nc1ncccc1C(=O)N(CC1CC1)CC1CC1. The summed E-state index contributed by atoms with van der Waals surface area (Å²) >= 11 is 0. The molecule has 0 unspecified atom stereocenters. The zero-order valence-corrected chi connectivity index (χ0v) is 10.5. The first-order valence-electron chi connectivity index (χ1n) is 6.74. The van der Waals surface area contributed by atoms with Gasteiger partial charge in [-0.2, -0.15) is 0 Å². The number of amides is 1. The first kappa shape index (κ1) is 11.5. The van der Waals surface area contributed by atoms with Crippen molar-refractivity contribution < 1.29 is 4.79 Å². The molecule has 4 nitrogen and oxygen atoms in total. The van der Waals surface area contributed by atoms with E-state index in [1.807, 2.05) is 4.90 Å². The van der Waals surface area contributed by atoms with Crippen molar-refractivity contribution in [3.8, 4) is 0 Å². The van der Waals surface area contributed by atoms with Crippen molar-refractivity contribution in [1.29, 1.82) is 0 Å². The van der Waals surface area contributed by atoms with E-state index in [2.05, 4.69) is 4.98 Å². The van der Waals surface area contributed by atoms with Crippen LogP contribution >= 0.6 is 0 Å². The number of carbonyl (C=O) groups excluding carboxylic acids is 1. The summed E-state index contributed by atoms with van der Waals surface area (Å²) < 4.78 is 0. The average molecular weight is 245 g/mol. The van der Waals surface area contributed by atoms with E-state index < -0.39 is 0 Å². The molecule has 3 rings (SSSR count). The van der Waals surface area contributed by atoms with Gasteiger partial charge in [0.2, 0.25) is 0 Å². The molecule has 1 aromatic heterocycles. The number of carbonyl (C=O) groups is 1. The third kappa shape index (κ3) is 2.63. The smallest absolute Gasteiger partial charge is 0.257 e. The summed E-state index contributed by atoms with van der Waals surface area (Å²) in [6.07, 6.45) is 6.67. The Kier molecular flexibility index (Phi) is 2.94. The van der Waals surface area contributed by atoms with Gasteiger partial charge in [0, 0.05) is 19.3 Å². The van der Waals surface area contributed by atoms with Gasteiger partial charge in [-0.25, -0.2) is 4.98 Å². The lowest BCUT2D eigenvalue weighted by atomic mass is 10.2. The summed E-state index contributed by atoms with van der Waals surface area (Å²) in [5.74, 6) is 1.83. The van der Waals surface area contributed by atoms with Crippen molar-refractivity contribution in [1.82, 2.24) is 9.88 Å². The van der Waals surface area contributed by atoms with Gasteiger partial charge in [0.1, 0.15) is 5.82 Å². The molecule has 0 radical (unpaired) electrons. The number of nitrogen functional groups attached to an aromatic ring is 1. The molecule has 0 bridgehead atoms. The molecule has 2 fully saturated rings. The predicted octanol–water partition coefficient (Wildman–Crippen LogP) is 1.93. The van der Waals surface area contributed by atoms with Gasteiger partial charge in [-0.3, -0.25) is 4.79 Å². The minimum Gasteiger partial charge on any atom is -0.383 e. The van der Waals surface area contributed by atoms with Crippen molar-refractivity contribution in [3.05, 3.63) is 23.9 Å². The zero-order chi connectivity index (χ0) is 12.5. The number of hydrogen-bond donors (Lipinski definition) is 1. The molecule has 1 aromatic rings. The van der Waals surface area contributed by atoms with Crippen LogP contribution in [0.5, 0.6) is 0 Å². The normalized spacial score (nSPS) is 18.7. The van der Waals surface area contributed by atoms with E-state index in [1.165, 1.54) is 25.7 Å². The number of aromatic nitrogens is 1. The van der Waals surface area contributed by atoms with E-state index in [9.17, 15) is 4.79 Å². The molecule has 0 spiro atoms. The fraction of sp³-hybridized carbons (Fsp3) is 0.571. The second kappa shape index (κ2) is 4.59. The molecule has 0 atom stereocenters. The maximum atomic E-state index is 12.5. The Bertz CT molecular complexity index is 438. The summed E-state index contributed by atoms with van der Waals surface area (Å²) in [5, 5.41) is 0. The minimum atomic E-state index is 0.0550. The van der Waals surface area contributed by atoms with Crippen LogP contribution in [0, 0.1) is 11.8 Å². The van der Waals surface area contributed by atoms with Gasteiger partial charge in [0.15, 0.2) is 0 Å². The summed E-state index contributed by atoms with van der Waals surface area (Å²) in [6, 6.07) is 3.55.